The predicted octanol–water partition coefficient (Wildman–Crippen LogP) is 0.960. The van der Waals surface area contributed by atoms with Crippen LogP contribution in [-0.4, -0.2) is 23.6 Å². The zero-order valence-electron chi connectivity index (χ0n) is 10.7. The molecule has 1 aliphatic heterocycles. The van der Waals surface area contributed by atoms with Crippen molar-refractivity contribution in [1.82, 2.24) is 15.2 Å². The fourth-order valence-electron chi connectivity index (χ4n) is 2.64. The molecule has 0 bridgehead atoms. The first-order valence-electron chi connectivity index (χ1n) is 6.25. The molecule has 2 aromatic carbocycles. The van der Waals surface area contributed by atoms with Crippen molar-refractivity contribution in [1.29, 1.82) is 0 Å². The fraction of sp³-hybridized carbons (Fsp3) is 0.0769. The highest BCUT2D eigenvalue weighted by atomic mass is 32.2. The molecule has 1 aromatic heterocycles. The van der Waals surface area contributed by atoms with Crippen LogP contribution in [0.5, 0.6) is 0 Å². The van der Waals surface area contributed by atoms with Crippen LogP contribution in [0.2, 0.25) is 0 Å². The maximum Gasteiger partial charge on any atom is 0.340 e. The van der Waals surface area contributed by atoms with Crippen LogP contribution in [0.1, 0.15) is 5.82 Å². The van der Waals surface area contributed by atoms with Crippen LogP contribution in [-0.2, 0) is 16.6 Å². The highest BCUT2D eigenvalue weighted by Crippen LogP contribution is 2.42. The summed E-state index contributed by atoms with van der Waals surface area (Å²) in [5, 5.41) is 7.58. The Bertz CT molecular complexity index is 1010. The van der Waals surface area contributed by atoms with Crippen molar-refractivity contribution >= 4 is 26.5 Å². The summed E-state index contributed by atoms with van der Waals surface area (Å²) in [4.78, 5) is 13.8. The molecule has 0 unspecified atom stereocenters. The molecule has 2 N–H and O–H groups in total. The summed E-state index contributed by atoms with van der Waals surface area (Å²) in [6.45, 7) is -0.0190. The van der Waals surface area contributed by atoms with Crippen LogP contribution < -0.4 is 9.99 Å². The van der Waals surface area contributed by atoms with E-state index in [-0.39, 0.29) is 17.3 Å². The molecule has 0 saturated carbocycles. The molecule has 0 aliphatic carbocycles. The minimum absolute atomic E-state index is 0.0190. The number of H-pyrrole nitrogens is 2. The third-order valence-corrected chi connectivity index (χ3v) is 5.33. The van der Waals surface area contributed by atoms with E-state index in [9.17, 15) is 13.2 Å². The molecule has 7 nitrogen and oxygen atoms in total. The SMILES string of the molecule is O=c1[nH]nc(CN2c3cccc4cccc(c34)S2(=O)=O)[nH]1. The van der Waals surface area contributed by atoms with Gasteiger partial charge < -0.3 is 0 Å². The van der Waals surface area contributed by atoms with Gasteiger partial charge in [0, 0.05) is 5.39 Å². The van der Waals surface area contributed by atoms with Crippen LogP contribution >= 0.6 is 0 Å². The van der Waals surface area contributed by atoms with Crippen molar-refractivity contribution in [2.24, 2.45) is 0 Å². The molecule has 0 saturated heterocycles. The largest absolute Gasteiger partial charge is 0.340 e. The second-order valence-electron chi connectivity index (χ2n) is 4.77. The Hall–Kier alpha value is -2.61. The highest BCUT2D eigenvalue weighted by molar-refractivity contribution is 7.93. The zero-order chi connectivity index (χ0) is 14.6. The Morgan fingerprint density at radius 3 is 2.62 bits per heavy atom. The van der Waals surface area contributed by atoms with Crippen molar-refractivity contribution in [3.8, 4) is 0 Å². The Morgan fingerprint density at radius 2 is 1.90 bits per heavy atom. The second-order valence-corrected chi connectivity index (χ2v) is 6.60. The summed E-state index contributed by atoms with van der Waals surface area (Å²) >= 11 is 0. The van der Waals surface area contributed by atoms with E-state index in [0.717, 1.165) is 5.39 Å². The van der Waals surface area contributed by atoms with Gasteiger partial charge in [0.05, 0.1) is 17.1 Å². The van der Waals surface area contributed by atoms with Crippen molar-refractivity contribution in [3.05, 3.63) is 52.7 Å². The second kappa shape index (κ2) is 3.95. The summed E-state index contributed by atoms with van der Waals surface area (Å²) in [5.74, 6) is 0.272. The molecule has 2 heterocycles. The number of nitrogens with zero attached hydrogens (tertiary/aromatic N) is 2. The van der Waals surface area contributed by atoms with Gasteiger partial charge >= 0.3 is 5.69 Å². The third kappa shape index (κ3) is 1.62. The van der Waals surface area contributed by atoms with Crippen molar-refractivity contribution < 1.29 is 8.42 Å². The Morgan fingerprint density at radius 1 is 1.14 bits per heavy atom. The van der Waals surface area contributed by atoms with Gasteiger partial charge in [-0.1, -0.05) is 24.3 Å². The predicted molar refractivity (Wildman–Crippen MR) is 76.5 cm³/mol. The standard InChI is InChI=1S/C13H10N4O3S/c18-13-14-11(15-16-13)7-17-9-5-1-3-8-4-2-6-10(12(8)9)21(17,19)20/h1-6H,7H2,(H2,14,15,16,18). The first kappa shape index (κ1) is 12.2. The minimum Gasteiger partial charge on any atom is -0.291 e. The smallest absolute Gasteiger partial charge is 0.291 e. The number of hydrogen-bond donors (Lipinski definition) is 2. The zero-order valence-corrected chi connectivity index (χ0v) is 11.5. The average Bonchev–Trinajstić information content (AvgIpc) is 2.96. The number of anilines is 1. The summed E-state index contributed by atoms with van der Waals surface area (Å²) in [6, 6.07) is 10.6. The number of hydrogen-bond acceptors (Lipinski definition) is 4. The summed E-state index contributed by atoms with van der Waals surface area (Å²) in [7, 11) is -3.63. The summed E-state index contributed by atoms with van der Waals surface area (Å²) in [5.41, 5.74) is 0.143. The van der Waals surface area contributed by atoms with E-state index in [1.54, 1.807) is 18.2 Å². The molecule has 0 atom stereocenters. The number of rotatable bonds is 2. The van der Waals surface area contributed by atoms with Gasteiger partial charge in [-0.15, -0.1) is 0 Å². The molecule has 1 aliphatic rings. The minimum atomic E-state index is -3.63. The molecule has 3 aromatic rings. The maximum absolute atomic E-state index is 12.7. The lowest BCUT2D eigenvalue weighted by Crippen LogP contribution is -2.27. The van der Waals surface area contributed by atoms with Gasteiger partial charge in [0.2, 0.25) is 0 Å². The first-order valence-corrected chi connectivity index (χ1v) is 7.69. The number of sulfonamides is 1. The van der Waals surface area contributed by atoms with E-state index in [1.165, 1.54) is 4.31 Å². The van der Waals surface area contributed by atoms with Crippen molar-refractivity contribution in [2.75, 3.05) is 4.31 Å². The van der Waals surface area contributed by atoms with Gasteiger partial charge in [0.1, 0.15) is 0 Å². The Balaban J connectivity index is 1.94. The van der Waals surface area contributed by atoms with E-state index in [0.29, 0.717) is 11.1 Å². The van der Waals surface area contributed by atoms with Gasteiger partial charge in [-0.05, 0) is 17.5 Å². The van der Waals surface area contributed by atoms with Crippen LogP contribution in [0.4, 0.5) is 5.69 Å². The van der Waals surface area contributed by atoms with Gasteiger partial charge in [0.15, 0.2) is 5.82 Å². The maximum atomic E-state index is 12.7. The van der Waals surface area contributed by atoms with Crippen LogP contribution in [0.25, 0.3) is 10.8 Å². The van der Waals surface area contributed by atoms with Crippen LogP contribution in [0.15, 0.2) is 46.1 Å². The number of benzene rings is 2. The third-order valence-electron chi connectivity index (χ3n) is 3.52. The van der Waals surface area contributed by atoms with Gasteiger partial charge in [-0.2, -0.15) is 5.10 Å². The molecule has 0 spiro atoms. The van der Waals surface area contributed by atoms with Crippen molar-refractivity contribution in [3.63, 3.8) is 0 Å². The van der Waals surface area contributed by atoms with E-state index >= 15 is 0 Å². The van der Waals surface area contributed by atoms with Crippen LogP contribution in [0, 0.1) is 0 Å². The summed E-state index contributed by atoms with van der Waals surface area (Å²) in [6.07, 6.45) is 0. The molecule has 0 fully saturated rings. The lowest BCUT2D eigenvalue weighted by atomic mass is 10.1. The quantitative estimate of drug-likeness (QED) is 0.736. The lowest BCUT2D eigenvalue weighted by molar-refractivity contribution is 0.592. The molecule has 4 rings (SSSR count). The molecule has 8 heteroatoms. The number of aromatic amines is 2. The monoisotopic (exact) mass is 302 g/mol. The van der Waals surface area contributed by atoms with E-state index in [1.807, 2.05) is 18.2 Å². The fourth-order valence-corrected chi connectivity index (χ4v) is 4.32. The molecular formula is C13H10N4O3S. The topological polar surface area (TPSA) is 98.9 Å². The normalized spacial score (nSPS) is 15.7. The number of nitrogens with one attached hydrogen (secondary N) is 2. The average molecular weight is 302 g/mol. The number of aromatic nitrogens is 3. The van der Waals surface area contributed by atoms with Gasteiger partial charge in [-0.25, -0.2) is 18.3 Å². The summed E-state index contributed by atoms with van der Waals surface area (Å²) < 4.78 is 26.6. The molecular weight excluding hydrogens is 292 g/mol. The van der Waals surface area contributed by atoms with E-state index in [2.05, 4.69) is 15.2 Å². The van der Waals surface area contributed by atoms with Gasteiger partial charge in [-0.3, -0.25) is 9.29 Å². The van der Waals surface area contributed by atoms with Crippen molar-refractivity contribution in [2.45, 2.75) is 11.4 Å². The first-order chi connectivity index (χ1) is 10.1. The Kier molecular flexibility index (Phi) is 2.29. The highest BCUT2D eigenvalue weighted by Gasteiger charge is 2.35. The van der Waals surface area contributed by atoms with Crippen LogP contribution in [0.3, 0.4) is 0 Å². The van der Waals surface area contributed by atoms with E-state index in [4.69, 9.17) is 0 Å². The Labute approximate surface area is 119 Å². The molecule has 0 amide bonds. The lowest BCUT2D eigenvalue weighted by Gasteiger charge is -2.16. The molecule has 106 valence electrons. The molecule has 0 radical (unpaired) electrons. The van der Waals surface area contributed by atoms with Gasteiger partial charge in [0.25, 0.3) is 10.0 Å². The molecule has 21 heavy (non-hydrogen) atoms. The van der Waals surface area contributed by atoms with E-state index < -0.39 is 15.7 Å².